The van der Waals surface area contributed by atoms with E-state index in [0.29, 0.717) is 12.0 Å². The Hall–Kier alpha value is -0.890. The normalized spacial score (nSPS) is 29.2. The average Bonchev–Trinajstić information content (AvgIpc) is 2.33. The molecule has 1 fully saturated rings. The standard InChI is InChI=1S/C17H26FN/c1-11-7-12(2)9-15(8-11)17(19-4)14-5-6-16(18)13(3)10-14/h5-6,10-12,15,17,19H,7-9H2,1-4H3. The minimum absolute atomic E-state index is 0.107. The molecule has 0 spiro atoms. The van der Waals surface area contributed by atoms with E-state index in [4.69, 9.17) is 0 Å². The molecule has 3 atom stereocenters. The molecule has 1 aliphatic rings. The molecule has 2 heteroatoms. The smallest absolute Gasteiger partial charge is 0.126 e. The largest absolute Gasteiger partial charge is 0.313 e. The van der Waals surface area contributed by atoms with Crippen LogP contribution in [0.5, 0.6) is 0 Å². The van der Waals surface area contributed by atoms with E-state index in [1.165, 1.54) is 24.8 Å². The Bertz CT molecular complexity index is 419. The van der Waals surface area contributed by atoms with Gasteiger partial charge in [0.25, 0.3) is 0 Å². The van der Waals surface area contributed by atoms with E-state index in [1.54, 1.807) is 6.07 Å². The van der Waals surface area contributed by atoms with Crippen molar-refractivity contribution >= 4 is 0 Å². The Balaban J connectivity index is 2.21. The number of rotatable bonds is 3. The van der Waals surface area contributed by atoms with E-state index in [9.17, 15) is 4.39 Å². The minimum atomic E-state index is -0.107. The summed E-state index contributed by atoms with van der Waals surface area (Å²) >= 11 is 0. The zero-order valence-corrected chi connectivity index (χ0v) is 12.5. The zero-order valence-electron chi connectivity index (χ0n) is 12.5. The van der Waals surface area contributed by atoms with Crippen molar-refractivity contribution in [2.24, 2.45) is 17.8 Å². The van der Waals surface area contributed by atoms with Crippen LogP contribution in [0.1, 0.15) is 50.3 Å². The molecule has 0 bridgehead atoms. The van der Waals surface area contributed by atoms with Crippen LogP contribution in [0.25, 0.3) is 0 Å². The Kier molecular flexibility index (Phi) is 4.62. The van der Waals surface area contributed by atoms with Crippen LogP contribution >= 0.6 is 0 Å². The first-order valence-corrected chi connectivity index (χ1v) is 7.44. The molecule has 1 aromatic rings. The summed E-state index contributed by atoms with van der Waals surface area (Å²) in [5.74, 6) is 2.15. The van der Waals surface area contributed by atoms with Crippen molar-refractivity contribution in [1.29, 1.82) is 0 Å². The van der Waals surface area contributed by atoms with Gasteiger partial charge in [0.05, 0.1) is 0 Å². The maximum absolute atomic E-state index is 13.4. The lowest BCUT2D eigenvalue weighted by Crippen LogP contribution is -2.31. The van der Waals surface area contributed by atoms with E-state index in [1.807, 2.05) is 26.1 Å². The molecule has 0 radical (unpaired) electrons. The molecular formula is C17H26FN. The summed E-state index contributed by atoms with van der Waals surface area (Å²) in [5, 5.41) is 3.45. The van der Waals surface area contributed by atoms with E-state index in [-0.39, 0.29) is 5.82 Å². The molecule has 1 aliphatic carbocycles. The zero-order chi connectivity index (χ0) is 14.0. The SMILES string of the molecule is CNC(c1ccc(F)c(C)c1)C1CC(C)CC(C)C1. The first-order chi connectivity index (χ1) is 9.01. The number of aryl methyl sites for hydroxylation is 1. The van der Waals surface area contributed by atoms with E-state index >= 15 is 0 Å². The molecule has 0 aliphatic heterocycles. The van der Waals surface area contributed by atoms with Crippen LogP contribution in [-0.2, 0) is 0 Å². The summed E-state index contributed by atoms with van der Waals surface area (Å²) in [6.07, 6.45) is 3.88. The summed E-state index contributed by atoms with van der Waals surface area (Å²) in [5.41, 5.74) is 1.97. The third-order valence-electron chi connectivity index (χ3n) is 4.54. The topological polar surface area (TPSA) is 12.0 Å². The predicted octanol–water partition coefficient (Wildman–Crippen LogP) is 4.47. The fourth-order valence-corrected chi connectivity index (χ4v) is 3.82. The summed E-state index contributed by atoms with van der Waals surface area (Å²) in [4.78, 5) is 0. The second kappa shape index (κ2) is 6.04. The van der Waals surface area contributed by atoms with Crippen molar-refractivity contribution in [2.45, 2.75) is 46.1 Å². The third-order valence-corrected chi connectivity index (χ3v) is 4.54. The van der Waals surface area contributed by atoms with Gasteiger partial charge in [-0.05, 0) is 68.2 Å². The maximum Gasteiger partial charge on any atom is 0.126 e. The molecule has 0 heterocycles. The Labute approximate surface area is 116 Å². The van der Waals surface area contributed by atoms with Gasteiger partial charge in [0.1, 0.15) is 5.82 Å². The number of hydrogen-bond donors (Lipinski definition) is 1. The quantitative estimate of drug-likeness (QED) is 0.848. The van der Waals surface area contributed by atoms with Crippen LogP contribution < -0.4 is 5.32 Å². The summed E-state index contributed by atoms with van der Waals surface area (Å²) in [6.45, 7) is 6.55. The lowest BCUT2D eigenvalue weighted by Gasteiger charge is -2.36. The fraction of sp³-hybridized carbons (Fsp3) is 0.647. The Morgan fingerprint density at radius 2 is 1.79 bits per heavy atom. The highest BCUT2D eigenvalue weighted by Gasteiger charge is 2.30. The average molecular weight is 263 g/mol. The van der Waals surface area contributed by atoms with Crippen molar-refractivity contribution in [3.8, 4) is 0 Å². The van der Waals surface area contributed by atoms with Crippen LogP contribution in [0.3, 0.4) is 0 Å². The van der Waals surface area contributed by atoms with Gasteiger partial charge >= 0.3 is 0 Å². The molecule has 1 nitrogen and oxygen atoms in total. The highest BCUT2D eigenvalue weighted by atomic mass is 19.1. The Morgan fingerprint density at radius 1 is 1.16 bits per heavy atom. The van der Waals surface area contributed by atoms with Crippen LogP contribution in [-0.4, -0.2) is 7.05 Å². The second-order valence-corrected chi connectivity index (χ2v) is 6.45. The molecule has 3 unspecified atom stereocenters. The second-order valence-electron chi connectivity index (χ2n) is 6.45. The van der Waals surface area contributed by atoms with Crippen LogP contribution in [0.15, 0.2) is 18.2 Å². The molecule has 2 rings (SSSR count). The number of benzene rings is 1. The van der Waals surface area contributed by atoms with Gasteiger partial charge in [-0.2, -0.15) is 0 Å². The number of halogens is 1. The van der Waals surface area contributed by atoms with Crippen molar-refractivity contribution < 1.29 is 4.39 Å². The molecule has 0 amide bonds. The van der Waals surface area contributed by atoms with Gasteiger partial charge in [-0.25, -0.2) is 4.39 Å². The van der Waals surface area contributed by atoms with Crippen LogP contribution in [0, 0.1) is 30.5 Å². The van der Waals surface area contributed by atoms with Crippen LogP contribution in [0.2, 0.25) is 0 Å². The third kappa shape index (κ3) is 3.36. The predicted molar refractivity (Wildman–Crippen MR) is 78.6 cm³/mol. The summed E-state index contributed by atoms with van der Waals surface area (Å²) in [7, 11) is 2.02. The van der Waals surface area contributed by atoms with E-state index < -0.39 is 0 Å². The first kappa shape index (κ1) is 14.5. The molecule has 1 aromatic carbocycles. The number of hydrogen-bond acceptors (Lipinski definition) is 1. The molecule has 106 valence electrons. The molecule has 1 N–H and O–H groups in total. The highest BCUT2D eigenvalue weighted by Crippen LogP contribution is 2.39. The van der Waals surface area contributed by atoms with Gasteiger partial charge < -0.3 is 5.32 Å². The molecule has 19 heavy (non-hydrogen) atoms. The van der Waals surface area contributed by atoms with Gasteiger partial charge in [-0.15, -0.1) is 0 Å². The Morgan fingerprint density at radius 3 is 2.32 bits per heavy atom. The lowest BCUT2D eigenvalue weighted by molar-refractivity contribution is 0.180. The maximum atomic E-state index is 13.4. The number of nitrogens with one attached hydrogen (secondary N) is 1. The van der Waals surface area contributed by atoms with Crippen LogP contribution in [0.4, 0.5) is 4.39 Å². The summed E-state index contributed by atoms with van der Waals surface area (Å²) in [6, 6.07) is 5.89. The lowest BCUT2D eigenvalue weighted by atomic mass is 9.72. The fourth-order valence-electron chi connectivity index (χ4n) is 3.82. The molecular weight excluding hydrogens is 237 g/mol. The van der Waals surface area contributed by atoms with Gasteiger partial charge in [-0.1, -0.05) is 26.0 Å². The van der Waals surface area contributed by atoms with Gasteiger partial charge in [0, 0.05) is 6.04 Å². The summed E-state index contributed by atoms with van der Waals surface area (Å²) < 4.78 is 13.4. The van der Waals surface area contributed by atoms with Crippen molar-refractivity contribution in [3.63, 3.8) is 0 Å². The minimum Gasteiger partial charge on any atom is -0.313 e. The van der Waals surface area contributed by atoms with E-state index in [0.717, 1.165) is 17.4 Å². The van der Waals surface area contributed by atoms with Gasteiger partial charge in [-0.3, -0.25) is 0 Å². The van der Waals surface area contributed by atoms with Gasteiger partial charge in [0.2, 0.25) is 0 Å². The van der Waals surface area contributed by atoms with Gasteiger partial charge in [0.15, 0.2) is 0 Å². The first-order valence-electron chi connectivity index (χ1n) is 7.44. The highest BCUT2D eigenvalue weighted by molar-refractivity contribution is 5.27. The van der Waals surface area contributed by atoms with E-state index in [2.05, 4.69) is 19.2 Å². The molecule has 0 saturated heterocycles. The molecule has 0 aromatic heterocycles. The monoisotopic (exact) mass is 263 g/mol. The molecule has 1 saturated carbocycles. The van der Waals surface area contributed by atoms with Crippen molar-refractivity contribution in [3.05, 3.63) is 35.1 Å². The van der Waals surface area contributed by atoms with Crippen molar-refractivity contribution in [1.82, 2.24) is 5.32 Å². The van der Waals surface area contributed by atoms with Crippen molar-refractivity contribution in [2.75, 3.05) is 7.05 Å².